The first-order chi connectivity index (χ1) is 13.2. The Morgan fingerprint density at radius 1 is 0.963 bits per heavy atom. The molecule has 0 fully saturated rings. The number of hydrazone groups is 1. The first kappa shape index (κ1) is 18.1. The third-order valence-corrected chi connectivity index (χ3v) is 3.83. The van der Waals surface area contributed by atoms with Gasteiger partial charge in [0.1, 0.15) is 5.75 Å². The molecule has 0 unspecified atom stereocenters. The third kappa shape index (κ3) is 4.49. The van der Waals surface area contributed by atoms with E-state index in [0.29, 0.717) is 23.6 Å². The fraction of sp³-hybridized carbons (Fsp3) is 0.0952. The van der Waals surface area contributed by atoms with Crippen molar-refractivity contribution in [1.82, 2.24) is 5.43 Å². The zero-order valence-corrected chi connectivity index (χ0v) is 14.8. The number of para-hydroxylation sites is 1. The van der Waals surface area contributed by atoms with Crippen LogP contribution in [0, 0.1) is 0 Å². The van der Waals surface area contributed by atoms with Crippen LogP contribution in [0.2, 0.25) is 0 Å². The Labute approximate surface area is 156 Å². The minimum Gasteiger partial charge on any atom is -0.493 e. The number of nitrogens with zero attached hydrogens (tertiary/aromatic N) is 1. The lowest BCUT2D eigenvalue weighted by atomic mass is 10.1. The molecule has 0 atom stereocenters. The Bertz CT molecular complexity index is 993. The van der Waals surface area contributed by atoms with E-state index in [-0.39, 0.29) is 0 Å². The molecular formula is C21H19N3O3. The topological polar surface area (TPSA) is 79.8 Å². The van der Waals surface area contributed by atoms with Gasteiger partial charge in [-0.3, -0.25) is 9.59 Å². The normalized spacial score (nSPS) is 10.7. The summed E-state index contributed by atoms with van der Waals surface area (Å²) in [5.41, 5.74) is 3.50. The van der Waals surface area contributed by atoms with Crippen LogP contribution in [-0.4, -0.2) is 24.6 Å². The Morgan fingerprint density at radius 3 is 2.56 bits per heavy atom. The fourth-order valence-corrected chi connectivity index (χ4v) is 2.60. The van der Waals surface area contributed by atoms with Crippen molar-refractivity contribution in [3.63, 3.8) is 0 Å². The molecule has 0 saturated heterocycles. The number of ether oxygens (including phenoxy) is 1. The quantitative estimate of drug-likeness (QED) is 0.416. The molecule has 0 heterocycles. The average molecular weight is 361 g/mol. The highest BCUT2D eigenvalue weighted by molar-refractivity contribution is 6.40. The molecule has 6 nitrogen and oxygen atoms in total. The van der Waals surface area contributed by atoms with E-state index in [0.717, 1.165) is 10.8 Å². The van der Waals surface area contributed by atoms with Crippen molar-refractivity contribution < 1.29 is 14.3 Å². The predicted octanol–water partition coefficient (Wildman–Crippen LogP) is 3.33. The van der Waals surface area contributed by atoms with Gasteiger partial charge < -0.3 is 10.1 Å². The van der Waals surface area contributed by atoms with Crippen LogP contribution in [0.3, 0.4) is 0 Å². The van der Waals surface area contributed by atoms with Crippen molar-refractivity contribution >= 4 is 34.5 Å². The molecule has 27 heavy (non-hydrogen) atoms. The number of carbonyl (C=O) groups is 2. The predicted molar refractivity (Wildman–Crippen MR) is 106 cm³/mol. The zero-order chi connectivity index (χ0) is 19.1. The van der Waals surface area contributed by atoms with Gasteiger partial charge in [0.25, 0.3) is 0 Å². The molecule has 2 amide bonds. The van der Waals surface area contributed by atoms with Gasteiger partial charge in [-0.05, 0) is 30.5 Å². The van der Waals surface area contributed by atoms with Crippen molar-refractivity contribution in [2.75, 3.05) is 11.9 Å². The zero-order valence-electron chi connectivity index (χ0n) is 14.8. The van der Waals surface area contributed by atoms with E-state index in [9.17, 15) is 9.59 Å². The summed E-state index contributed by atoms with van der Waals surface area (Å²) in [5.74, 6) is -0.993. The summed E-state index contributed by atoms with van der Waals surface area (Å²) in [6.07, 6.45) is 1.44. The summed E-state index contributed by atoms with van der Waals surface area (Å²) >= 11 is 0. The Hall–Kier alpha value is -3.67. The molecule has 0 bridgehead atoms. The molecule has 3 rings (SSSR count). The molecule has 0 aliphatic heterocycles. The lowest BCUT2D eigenvalue weighted by molar-refractivity contribution is -0.136. The highest BCUT2D eigenvalue weighted by atomic mass is 16.5. The van der Waals surface area contributed by atoms with Crippen LogP contribution in [0.4, 0.5) is 5.69 Å². The van der Waals surface area contributed by atoms with Gasteiger partial charge in [0, 0.05) is 16.6 Å². The maximum Gasteiger partial charge on any atom is 0.329 e. The van der Waals surface area contributed by atoms with Crippen LogP contribution in [0.1, 0.15) is 12.5 Å². The SMILES string of the molecule is CCOc1ccccc1/C=N\NC(=O)C(=O)Nc1cccc2ccccc12. The van der Waals surface area contributed by atoms with Crippen LogP contribution in [-0.2, 0) is 9.59 Å². The summed E-state index contributed by atoms with van der Waals surface area (Å²) in [7, 11) is 0. The molecule has 0 aliphatic carbocycles. The lowest BCUT2D eigenvalue weighted by Crippen LogP contribution is -2.32. The van der Waals surface area contributed by atoms with Gasteiger partial charge in [0.15, 0.2) is 0 Å². The van der Waals surface area contributed by atoms with Crippen LogP contribution >= 0.6 is 0 Å². The van der Waals surface area contributed by atoms with E-state index in [1.165, 1.54) is 6.21 Å². The van der Waals surface area contributed by atoms with E-state index in [4.69, 9.17) is 4.74 Å². The van der Waals surface area contributed by atoms with Crippen LogP contribution in [0.25, 0.3) is 10.8 Å². The van der Waals surface area contributed by atoms with Crippen LogP contribution in [0.5, 0.6) is 5.75 Å². The maximum atomic E-state index is 12.1. The average Bonchev–Trinajstić information content (AvgIpc) is 2.69. The number of carbonyl (C=O) groups excluding carboxylic acids is 2. The molecule has 2 N–H and O–H groups in total. The summed E-state index contributed by atoms with van der Waals surface area (Å²) in [5, 5.41) is 8.29. The molecule has 136 valence electrons. The minimum absolute atomic E-state index is 0.519. The molecule has 0 aliphatic rings. The number of anilines is 1. The molecular weight excluding hydrogens is 342 g/mol. The van der Waals surface area contributed by atoms with Crippen molar-refractivity contribution in [2.24, 2.45) is 5.10 Å². The Kier molecular flexibility index (Phi) is 5.79. The van der Waals surface area contributed by atoms with Gasteiger partial charge in [-0.1, -0.05) is 48.5 Å². The first-order valence-corrected chi connectivity index (χ1v) is 8.53. The Balaban J connectivity index is 1.65. The largest absolute Gasteiger partial charge is 0.493 e. The summed E-state index contributed by atoms with van der Waals surface area (Å²) in [6.45, 7) is 2.40. The van der Waals surface area contributed by atoms with Crippen molar-refractivity contribution in [2.45, 2.75) is 6.92 Å². The molecule has 0 spiro atoms. The molecule has 0 saturated carbocycles. The third-order valence-electron chi connectivity index (χ3n) is 3.83. The molecule has 0 radical (unpaired) electrons. The molecule has 6 heteroatoms. The standard InChI is InChI=1S/C21H19N3O3/c1-2-27-19-13-6-4-9-16(19)14-22-24-21(26)20(25)23-18-12-7-10-15-8-3-5-11-17(15)18/h3-14H,2H2,1H3,(H,23,25)(H,24,26)/b22-14-. The lowest BCUT2D eigenvalue weighted by Gasteiger charge is -2.08. The van der Waals surface area contributed by atoms with Crippen molar-refractivity contribution in [3.05, 3.63) is 72.3 Å². The van der Waals surface area contributed by atoms with Gasteiger partial charge in [-0.15, -0.1) is 0 Å². The second kappa shape index (κ2) is 8.62. The highest BCUT2D eigenvalue weighted by Crippen LogP contribution is 2.22. The summed E-state index contributed by atoms with van der Waals surface area (Å²) < 4.78 is 5.48. The number of benzene rings is 3. The number of amides is 2. The first-order valence-electron chi connectivity index (χ1n) is 8.53. The fourth-order valence-electron chi connectivity index (χ4n) is 2.60. The minimum atomic E-state index is -0.854. The van der Waals surface area contributed by atoms with Gasteiger partial charge in [-0.2, -0.15) is 5.10 Å². The van der Waals surface area contributed by atoms with E-state index in [1.807, 2.05) is 55.5 Å². The van der Waals surface area contributed by atoms with Crippen molar-refractivity contribution in [3.8, 4) is 5.75 Å². The van der Waals surface area contributed by atoms with Crippen LogP contribution in [0.15, 0.2) is 71.8 Å². The van der Waals surface area contributed by atoms with E-state index >= 15 is 0 Å². The second-order valence-electron chi connectivity index (χ2n) is 5.65. The number of fused-ring (bicyclic) bond motifs is 1. The molecule has 3 aromatic rings. The van der Waals surface area contributed by atoms with Gasteiger partial charge >= 0.3 is 11.8 Å². The van der Waals surface area contributed by atoms with E-state index in [2.05, 4.69) is 15.8 Å². The van der Waals surface area contributed by atoms with E-state index in [1.54, 1.807) is 18.2 Å². The number of hydrogen-bond acceptors (Lipinski definition) is 4. The number of nitrogens with one attached hydrogen (secondary N) is 2. The summed E-state index contributed by atoms with van der Waals surface area (Å²) in [6, 6.07) is 20.4. The number of rotatable bonds is 5. The number of hydrogen-bond donors (Lipinski definition) is 2. The maximum absolute atomic E-state index is 12.1. The van der Waals surface area contributed by atoms with Gasteiger partial charge in [-0.25, -0.2) is 5.43 Å². The molecule has 3 aromatic carbocycles. The second-order valence-corrected chi connectivity index (χ2v) is 5.65. The Morgan fingerprint density at radius 2 is 1.70 bits per heavy atom. The van der Waals surface area contributed by atoms with E-state index < -0.39 is 11.8 Å². The van der Waals surface area contributed by atoms with Crippen molar-refractivity contribution in [1.29, 1.82) is 0 Å². The highest BCUT2D eigenvalue weighted by Gasteiger charge is 2.14. The molecule has 0 aromatic heterocycles. The summed E-state index contributed by atoms with van der Waals surface area (Å²) in [4.78, 5) is 24.2. The van der Waals surface area contributed by atoms with Gasteiger partial charge in [0.05, 0.1) is 12.8 Å². The smallest absolute Gasteiger partial charge is 0.329 e. The van der Waals surface area contributed by atoms with Gasteiger partial charge in [0.2, 0.25) is 0 Å². The monoisotopic (exact) mass is 361 g/mol. The van der Waals surface area contributed by atoms with Crippen LogP contribution < -0.4 is 15.5 Å².